The molecule has 4 aliphatic rings. The quantitative estimate of drug-likeness (QED) is 0.684. The molecule has 0 aromatic heterocycles. The molecule has 0 amide bonds. The normalized spacial score (nSPS) is 50.2. The second kappa shape index (κ2) is 5.10. The highest BCUT2D eigenvalue weighted by atomic mass is 16.4. The van der Waals surface area contributed by atoms with Gasteiger partial charge in [-0.05, 0) is 79.3 Å². The number of carboxylic acids is 1. The molecule has 3 fully saturated rings. The first kappa shape index (κ1) is 16.2. The zero-order chi connectivity index (χ0) is 17.3. The van der Waals surface area contributed by atoms with Gasteiger partial charge in [-0.1, -0.05) is 19.4 Å². The lowest BCUT2D eigenvalue weighted by Gasteiger charge is -2.59. The Morgan fingerprint density at radius 2 is 2.00 bits per heavy atom. The molecule has 0 aromatic carbocycles. The van der Waals surface area contributed by atoms with Gasteiger partial charge in [-0.3, -0.25) is 4.79 Å². The fraction of sp³-hybridized carbons (Fsp3) is 0.750. The maximum atomic E-state index is 11.7. The third-order valence-corrected chi connectivity index (χ3v) is 8.02. The Labute approximate surface area is 143 Å². The summed E-state index contributed by atoms with van der Waals surface area (Å²) in [5, 5.41) is 30.6. The highest BCUT2D eigenvalue weighted by molar-refractivity contribution is 5.71. The largest absolute Gasteiger partial charge is 0.508 e. The van der Waals surface area contributed by atoms with Crippen molar-refractivity contribution in [1.82, 2.24) is 0 Å². The maximum absolute atomic E-state index is 11.7. The highest BCUT2D eigenvalue weighted by Gasteiger charge is 2.62. The van der Waals surface area contributed by atoms with Crippen LogP contribution in [0.3, 0.4) is 0 Å². The molecule has 0 aromatic rings. The van der Waals surface area contributed by atoms with Crippen molar-refractivity contribution >= 4 is 5.97 Å². The van der Waals surface area contributed by atoms with Gasteiger partial charge in [0, 0.05) is 0 Å². The van der Waals surface area contributed by atoms with Gasteiger partial charge in [-0.25, -0.2) is 0 Å². The predicted molar refractivity (Wildman–Crippen MR) is 90.3 cm³/mol. The Morgan fingerprint density at radius 1 is 1.25 bits per heavy atom. The van der Waals surface area contributed by atoms with Gasteiger partial charge >= 0.3 is 5.97 Å². The number of rotatable bonds is 1. The molecule has 132 valence electrons. The van der Waals surface area contributed by atoms with Gasteiger partial charge in [0.25, 0.3) is 0 Å². The number of carbonyl (C=O) groups is 1. The first-order chi connectivity index (χ1) is 11.3. The van der Waals surface area contributed by atoms with E-state index in [1.54, 1.807) is 0 Å². The van der Waals surface area contributed by atoms with Crippen molar-refractivity contribution in [3.63, 3.8) is 0 Å². The number of hydrogen-bond acceptors (Lipinski definition) is 3. The summed E-state index contributed by atoms with van der Waals surface area (Å²) in [6.45, 7) is 4.33. The summed E-state index contributed by atoms with van der Waals surface area (Å²) in [6, 6.07) is 0. The third-order valence-electron chi connectivity index (χ3n) is 8.02. The maximum Gasteiger partial charge on any atom is 0.307 e. The lowest BCUT2D eigenvalue weighted by molar-refractivity contribution is -0.156. The van der Waals surface area contributed by atoms with Gasteiger partial charge in [0.1, 0.15) is 5.76 Å². The predicted octanol–water partition coefficient (Wildman–Crippen LogP) is 3.67. The Hall–Kier alpha value is -1.29. The van der Waals surface area contributed by atoms with Crippen molar-refractivity contribution < 1.29 is 20.1 Å². The van der Waals surface area contributed by atoms with Crippen LogP contribution in [0.1, 0.15) is 52.4 Å². The Bertz CT molecular complexity index is 636. The van der Waals surface area contributed by atoms with Crippen molar-refractivity contribution in [2.75, 3.05) is 0 Å². The van der Waals surface area contributed by atoms with E-state index < -0.39 is 12.1 Å². The van der Waals surface area contributed by atoms with E-state index in [2.05, 4.69) is 13.8 Å². The minimum atomic E-state index is -0.696. The molecule has 4 rings (SSSR count). The Kier molecular flexibility index (Phi) is 3.44. The number of aliphatic carboxylic acids is 1. The third kappa shape index (κ3) is 1.98. The second-order valence-electron chi connectivity index (χ2n) is 9.00. The molecular formula is C20H28O4. The topological polar surface area (TPSA) is 77.8 Å². The van der Waals surface area contributed by atoms with Crippen LogP contribution in [0.2, 0.25) is 0 Å². The Morgan fingerprint density at radius 3 is 2.71 bits per heavy atom. The van der Waals surface area contributed by atoms with Gasteiger partial charge in [-0.15, -0.1) is 0 Å². The van der Waals surface area contributed by atoms with E-state index in [-0.39, 0.29) is 22.7 Å². The number of carboxylic acid groups (broad SMARTS) is 1. The first-order valence-corrected chi connectivity index (χ1v) is 9.28. The lowest BCUT2D eigenvalue weighted by atomic mass is 9.46. The van der Waals surface area contributed by atoms with E-state index in [0.717, 1.165) is 32.1 Å². The molecule has 4 nitrogen and oxygen atoms in total. The molecule has 3 saturated carbocycles. The minimum absolute atomic E-state index is 0.1000. The van der Waals surface area contributed by atoms with E-state index in [1.807, 2.05) is 12.2 Å². The SMILES string of the molecule is CC12CC=C(O)C=C1CCC1C2C(O)CC2(C)C(C(=O)O)CCC12. The first-order valence-electron chi connectivity index (χ1n) is 9.28. The molecule has 0 bridgehead atoms. The van der Waals surface area contributed by atoms with Crippen LogP contribution in [0.4, 0.5) is 0 Å². The molecule has 7 unspecified atom stereocenters. The van der Waals surface area contributed by atoms with Crippen LogP contribution in [0, 0.1) is 34.5 Å². The molecule has 7 atom stereocenters. The summed E-state index contributed by atoms with van der Waals surface area (Å²) >= 11 is 0. The molecule has 0 saturated heterocycles. The van der Waals surface area contributed by atoms with Crippen LogP contribution in [-0.4, -0.2) is 27.4 Å². The zero-order valence-corrected chi connectivity index (χ0v) is 14.5. The summed E-state index contributed by atoms with van der Waals surface area (Å²) in [7, 11) is 0. The summed E-state index contributed by atoms with van der Waals surface area (Å²) in [6.07, 6.45) is 8.34. The van der Waals surface area contributed by atoms with Crippen LogP contribution in [0.25, 0.3) is 0 Å². The molecule has 0 radical (unpaired) electrons. The zero-order valence-electron chi connectivity index (χ0n) is 14.5. The van der Waals surface area contributed by atoms with Crippen molar-refractivity contribution in [2.24, 2.45) is 34.5 Å². The van der Waals surface area contributed by atoms with E-state index >= 15 is 0 Å². The van der Waals surface area contributed by atoms with Gasteiger partial charge < -0.3 is 15.3 Å². The van der Waals surface area contributed by atoms with E-state index in [9.17, 15) is 20.1 Å². The van der Waals surface area contributed by atoms with E-state index in [0.29, 0.717) is 24.0 Å². The number of fused-ring (bicyclic) bond motifs is 5. The molecule has 3 N–H and O–H groups in total. The average molecular weight is 332 g/mol. The fourth-order valence-corrected chi connectivity index (χ4v) is 6.94. The fourth-order valence-electron chi connectivity index (χ4n) is 6.94. The second-order valence-corrected chi connectivity index (χ2v) is 9.00. The van der Waals surface area contributed by atoms with Crippen LogP contribution in [0.5, 0.6) is 0 Å². The van der Waals surface area contributed by atoms with Crippen molar-refractivity contribution in [2.45, 2.75) is 58.5 Å². The van der Waals surface area contributed by atoms with Crippen LogP contribution >= 0.6 is 0 Å². The van der Waals surface area contributed by atoms with E-state index in [1.165, 1.54) is 5.57 Å². The van der Waals surface area contributed by atoms with Gasteiger partial charge in [-0.2, -0.15) is 0 Å². The van der Waals surface area contributed by atoms with Crippen molar-refractivity contribution in [1.29, 1.82) is 0 Å². The number of hydrogen-bond donors (Lipinski definition) is 3. The Balaban J connectivity index is 1.72. The standard InChI is InChI=1S/C20H28O4/c1-19-8-7-12(21)9-11(19)3-4-13-14-5-6-15(18(23)24)20(14,2)10-16(22)17(13)19/h7,9,13-17,21-22H,3-6,8,10H2,1-2H3,(H,23,24). The number of aliphatic hydroxyl groups is 2. The molecule has 4 aliphatic carbocycles. The van der Waals surface area contributed by atoms with Gasteiger partial charge in [0.2, 0.25) is 0 Å². The summed E-state index contributed by atoms with van der Waals surface area (Å²) < 4.78 is 0. The smallest absolute Gasteiger partial charge is 0.307 e. The molecule has 0 spiro atoms. The van der Waals surface area contributed by atoms with Gasteiger partial charge in [0.15, 0.2) is 0 Å². The number of allylic oxidation sites excluding steroid dienone is 3. The monoisotopic (exact) mass is 332 g/mol. The van der Waals surface area contributed by atoms with E-state index in [4.69, 9.17) is 0 Å². The summed E-state index contributed by atoms with van der Waals surface area (Å²) in [5.74, 6) is 0.288. The van der Waals surface area contributed by atoms with Crippen LogP contribution in [0.15, 0.2) is 23.5 Å². The van der Waals surface area contributed by atoms with Crippen molar-refractivity contribution in [3.05, 3.63) is 23.5 Å². The van der Waals surface area contributed by atoms with Crippen LogP contribution < -0.4 is 0 Å². The minimum Gasteiger partial charge on any atom is -0.508 e. The van der Waals surface area contributed by atoms with Crippen LogP contribution in [-0.2, 0) is 4.79 Å². The van der Waals surface area contributed by atoms with Gasteiger partial charge in [0.05, 0.1) is 12.0 Å². The molecular weight excluding hydrogens is 304 g/mol. The number of aliphatic hydroxyl groups excluding tert-OH is 2. The molecule has 24 heavy (non-hydrogen) atoms. The molecule has 4 heteroatoms. The highest BCUT2D eigenvalue weighted by Crippen LogP contribution is 2.66. The summed E-state index contributed by atoms with van der Waals surface area (Å²) in [5.41, 5.74) is 0.882. The van der Waals surface area contributed by atoms with Crippen molar-refractivity contribution in [3.8, 4) is 0 Å². The molecule has 0 aliphatic heterocycles. The summed E-state index contributed by atoms with van der Waals surface area (Å²) in [4.78, 5) is 11.7. The lowest BCUT2D eigenvalue weighted by Crippen LogP contribution is -2.56. The average Bonchev–Trinajstić information content (AvgIpc) is 2.84. The molecule has 0 heterocycles.